The van der Waals surface area contributed by atoms with Crippen LogP contribution in [-0.2, 0) is 14.3 Å². The Hall–Kier alpha value is -3.28. The van der Waals surface area contributed by atoms with Gasteiger partial charge in [0.15, 0.2) is 18.1 Å². The summed E-state index contributed by atoms with van der Waals surface area (Å²) < 4.78 is 15.8. The summed E-state index contributed by atoms with van der Waals surface area (Å²) in [5.41, 5.74) is 2.50. The van der Waals surface area contributed by atoms with E-state index in [-0.39, 0.29) is 18.4 Å². The number of esters is 1. The van der Waals surface area contributed by atoms with Crippen LogP contribution in [0.4, 0.5) is 5.69 Å². The molecule has 1 N–H and O–H groups in total. The van der Waals surface area contributed by atoms with Gasteiger partial charge in [0.2, 0.25) is 0 Å². The van der Waals surface area contributed by atoms with Gasteiger partial charge in [-0.3, -0.25) is 4.79 Å². The fourth-order valence-electron chi connectivity index (χ4n) is 2.71. The zero-order valence-corrected chi connectivity index (χ0v) is 17.2. The zero-order valence-electron chi connectivity index (χ0n) is 17.2. The van der Waals surface area contributed by atoms with Crippen LogP contribution in [0.15, 0.2) is 48.5 Å². The quantitative estimate of drug-likeness (QED) is 0.501. The van der Waals surface area contributed by atoms with Crippen molar-refractivity contribution >= 4 is 23.6 Å². The fourth-order valence-corrected chi connectivity index (χ4v) is 2.71. The summed E-state index contributed by atoms with van der Waals surface area (Å²) in [5.74, 6) is 0.482. The van der Waals surface area contributed by atoms with Gasteiger partial charge >= 0.3 is 5.97 Å². The summed E-state index contributed by atoms with van der Waals surface area (Å²) in [6.45, 7) is 6.12. The van der Waals surface area contributed by atoms with Crippen molar-refractivity contribution in [3.8, 4) is 11.5 Å². The number of anilines is 1. The molecule has 0 heterocycles. The normalized spacial score (nSPS) is 10.8. The van der Waals surface area contributed by atoms with Crippen molar-refractivity contribution < 1.29 is 23.8 Å². The number of hydrogen-bond acceptors (Lipinski definition) is 5. The number of methoxy groups -OCH3 is 1. The van der Waals surface area contributed by atoms with Gasteiger partial charge in [0.25, 0.3) is 5.91 Å². The highest BCUT2D eigenvalue weighted by atomic mass is 16.5. The maximum Gasteiger partial charge on any atom is 0.331 e. The minimum Gasteiger partial charge on any atom is -0.493 e. The number of para-hydroxylation sites is 1. The average molecular weight is 397 g/mol. The van der Waals surface area contributed by atoms with E-state index in [1.165, 1.54) is 6.08 Å². The third-order valence-corrected chi connectivity index (χ3v) is 4.10. The molecule has 0 bridgehead atoms. The van der Waals surface area contributed by atoms with Crippen LogP contribution in [-0.4, -0.2) is 32.2 Å². The highest BCUT2D eigenvalue weighted by molar-refractivity contribution is 5.95. The van der Waals surface area contributed by atoms with E-state index in [4.69, 9.17) is 14.2 Å². The van der Waals surface area contributed by atoms with Gasteiger partial charge in [-0.2, -0.15) is 0 Å². The molecular formula is C23H27NO5. The van der Waals surface area contributed by atoms with E-state index in [1.807, 2.05) is 45.0 Å². The smallest absolute Gasteiger partial charge is 0.331 e. The Morgan fingerprint density at radius 1 is 1.10 bits per heavy atom. The SMILES string of the molecule is CCOc1cc(/C=C/C(=O)OCC(=O)Nc2ccccc2C(C)C)ccc1OC. The Bertz CT molecular complexity index is 873. The molecular weight excluding hydrogens is 370 g/mol. The molecule has 2 rings (SSSR count). The van der Waals surface area contributed by atoms with Crippen LogP contribution in [0.3, 0.4) is 0 Å². The number of hydrogen-bond donors (Lipinski definition) is 1. The van der Waals surface area contributed by atoms with Crippen LogP contribution < -0.4 is 14.8 Å². The fraction of sp³-hybridized carbons (Fsp3) is 0.304. The number of benzene rings is 2. The molecule has 0 saturated heterocycles. The molecule has 0 atom stereocenters. The Morgan fingerprint density at radius 3 is 2.55 bits per heavy atom. The van der Waals surface area contributed by atoms with Crippen LogP contribution >= 0.6 is 0 Å². The molecule has 0 unspecified atom stereocenters. The lowest BCUT2D eigenvalue weighted by molar-refractivity contribution is -0.142. The molecule has 6 nitrogen and oxygen atoms in total. The lowest BCUT2D eigenvalue weighted by Crippen LogP contribution is -2.21. The van der Waals surface area contributed by atoms with Gasteiger partial charge in [-0.05, 0) is 48.2 Å². The molecule has 0 aliphatic carbocycles. The molecule has 29 heavy (non-hydrogen) atoms. The Labute approximate surface area is 171 Å². The van der Waals surface area contributed by atoms with E-state index in [0.717, 1.165) is 16.8 Å². The predicted octanol–water partition coefficient (Wildman–Crippen LogP) is 4.41. The third kappa shape index (κ3) is 6.68. The van der Waals surface area contributed by atoms with E-state index in [1.54, 1.807) is 31.4 Å². The maximum atomic E-state index is 12.1. The molecule has 2 aromatic rings. The maximum absolute atomic E-state index is 12.1. The zero-order chi connectivity index (χ0) is 21.2. The number of carbonyl (C=O) groups excluding carboxylic acids is 2. The van der Waals surface area contributed by atoms with Crippen molar-refractivity contribution in [2.24, 2.45) is 0 Å². The van der Waals surface area contributed by atoms with E-state index in [0.29, 0.717) is 18.1 Å². The van der Waals surface area contributed by atoms with Crippen molar-refractivity contribution in [2.45, 2.75) is 26.7 Å². The van der Waals surface area contributed by atoms with Gasteiger partial charge < -0.3 is 19.5 Å². The van der Waals surface area contributed by atoms with Crippen LogP contribution in [0.1, 0.15) is 37.8 Å². The molecule has 6 heteroatoms. The monoisotopic (exact) mass is 397 g/mol. The first-order valence-corrected chi connectivity index (χ1v) is 9.49. The van der Waals surface area contributed by atoms with E-state index in [9.17, 15) is 9.59 Å². The third-order valence-electron chi connectivity index (χ3n) is 4.10. The molecule has 0 aliphatic rings. The second-order valence-electron chi connectivity index (χ2n) is 6.57. The molecule has 0 fully saturated rings. The van der Waals surface area contributed by atoms with Crippen LogP contribution in [0.25, 0.3) is 6.08 Å². The Morgan fingerprint density at radius 2 is 1.86 bits per heavy atom. The number of ether oxygens (including phenoxy) is 3. The minimum atomic E-state index is -0.605. The average Bonchev–Trinajstić information content (AvgIpc) is 2.71. The van der Waals surface area contributed by atoms with Crippen molar-refractivity contribution in [3.05, 3.63) is 59.7 Å². The van der Waals surface area contributed by atoms with Gasteiger partial charge in [-0.15, -0.1) is 0 Å². The lowest BCUT2D eigenvalue weighted by Gasteiger charge is -2.13. The molecule has 2 aromatic carbocycles. The first-order chi connectivity index (χ1) is 13.9. The van der Waals surface area contributed by atoms with Crippen molar-refractivity contribution in [2.75, 3.05) is 25.6 Å². The Kier molecular flexibility index (Phi) is 8.27. The first-order valence-electron chi connectivity index (χ1n) is 9.49. The molecule has 0 spiro atoms. The summed E-state index contributed by atoms with van der Waals surface area (Å²) in [5, 5.41) is 2.78. The predicted molar refractivity (Wildman–Crippen MR) is 113 cm³/mol. The second-order valence-corrected chi connectivity index (χ2v) is 6.57. The van der Waals surface area contributed by atoms with Gasteiger partial charge in [0.1, 0.15) is 0 Å². The number of amides is 1. The number of rotatable bonds is 9. The van der Waals surface area contributed by atoms with Crippen LogP contribution in [0.2, 0.25) is 0 Å². The molecule has 0 saturated carbocycles. The lowest BCUT2D eigenvalue weighted by atomic mass is 10.0. The Balaban J connectivity index is 1.91. The largest absolute Gasteiger partial charge is 0.493 e. The van der Waals surface area contributed by atoms with Crippen molar-refractivity contribution in [3.63, 3.8) is 0 Å². The first kappa shape index (κ1) is 22.0. The van der Waals surface area contributed by atoms with Gasteiger partial charge in [-0.1, -0.05) is 38.1 Å². The van der Waals surface area contributed by atoms with E-state index >= 15 is 0 Å². The topological polar surface area (TPSA) is 73.9 Å². The van der Waals surface area contributed by atoms with E-state index in [2.05, 4.69) is 5.32 Å². The van der Waals surface area contributed by atoms with Gasteiger partial charge in [-0.25, -0.2) is 4.79 Å². The summed E-state index contributed by atoms with van der Waals surface area (Å²) in [4.78, 5) is 24.0. The highest BCUT2D eigenvalue weighted by Gasteiger charge is 2.10. The van der Waals surface area contributed by atoms with Crippen LogP contribution in [0.5, 0.6) is 11.5 Å². The molecule has 0 radical (unpaired) electrons. The summed E-state index contributed by atoms with van der Waals surface area (Å²) in [6, 6.07) is 12.9. The molecule has 0 aliphatic heterocycles. The standard InChI is InChI=1S/C23H27NO5/c1-5-28-21-14-17(10-12-20(21)27-4)11-13-23(26)29-15-22(25)24-19-9-7-6-8-18(19)16(2)3/h6-14,16H,5,15H2,1-4H3,(H,24,25)/b13-11+. The summed E-state index contributed by atoms with van der Waals surface area (Å²) in [7, 11) is 1.56. The summed E-state index contributed by atoms with van der Waals surface area (Å²) >= 11 is 0. The van der Waals surface area contributed by atoms with Gasteiger partial charge in [0, 0.05) is 11.8 Å². The van der Waals surface area contributed by atoms with E-state index < -0.39 is 5.97 Å². The number of carbonyl (C=O) groups is 2. The van der Waals surface area contributed by atoms with Crippen molar-refractivity contribution in [1.29, 1.82) is 0 Å². The molecule has 0 aromatic heterocycles. The second kappa shape index (κ2) is 10.9. The highest BCUT2D eigenvalue weighted by Crippen LogP contribution is 2.28. The minimum absolute atomic E-state index is 0.267. The molecule has 1 amide bonds. The van der Waals surface area contributed by atoms with Crippen molar-refractivity contribution in [1.82, 2.24) is 0 Å². The molecule has 154 valence electrons. The number of nitrogens with one attached hydrogen (secondary N) is 1. The van der Waals surface area contributed by atoms with Gasteiger partial charge in [0.05, 0.1) is 13.7 Å². The summed E-state index contributed by atoms with van der Waals surface area (Å²) in [6.07, 6.45) is 2.86. The van der Waals surface area contributed by atoms with Crippen LogP contribution in [0, 0.1) is 0 Å².